The van der Waals surface area contributed by atoms with Crippen LogP contribution in [0.3, 0.4) is 0 Å². The Bertz CT molecular complexity index is 610. The molecular formula is C20H28N2O. The Morgan fingerprint density at radius 1 is 1.09 bits per heavy atom. The van der Waals surface area contributed by atoms with Gasteiger partial charge in [0.25, 0.3) is 0 Å². The molecule has 2 N–H and O–H groups in total. The molecule has 3 nitrogen and oxygen atoms in total. The maximum Gasteiger partial charge on any atom is 0.119 e. The van der Waals surface area contributed by atoms with Crippen molar-refractivity contribution in [3.8, 4) is 5.75 Å². The van der Waals surface area contributed by atoms with E-state index in [4.69, 9.17) is 10.5 Å². The van der Waals surface area contributed by atoms with Gasteiger partial charge in [-0.15, -0.1) is 0 Å². The molecule has 0 saturated carbocycles. The first-order valence-corrected chi connectivity index (χ1v) is 8.27. The molecule has 1 unspecified atom stereocenters. The summed E-state index contributed by atoms with van der Waals surface area (Å²) in [6.45, 7) is 3.48. The van der Waals surface area contributed by atoms with Crippen LogP contribution in [0.25, 0.3) is 0 Å². The third-order valence-corrected chi connectivity index (χ3v) is 4.10. The molecule has 0 heterocycles. The van der Waals surface area contributed by atoms with E-state index in [-0.39, 0.29) is 0 Å². The molecule has 124 valence electrons. The molecule has 0 spiro atoms. The van der Waals surface area contributed by atoms with Gasteiger partial charge in [-0.25, -0.2) is 0 Å². The summed E-state index contributed by atoms with van der Waals surface area (Å²) in [6, 6.07) is 16.8. The number of nitrogens with zero attached hydrogens (tertiary/aromatic N) is 1. The van der Waals surface area contributed by atoms with Crippen molar-refractivity contribution in [1.82, 2.24) is 0 Å². The molecule has 0 saturated heterocycles. The van der Waals surface area contributed by atoms with Crippen molar-refractivity contribution < 1.29 is 4.74 Å². The van der Waals surface area contributed by atoms with Gasteiger partial charge in [0.2, 0.25) is 0 Å². The van der Waals surface area contributed by atoms with Crippen LogP contribution >= 0.6 is 0 Å². The maximum atomic E-state index is 5.99. The molecule has 2 aromatic carbocycles. The monoisotopic (exact) mass is 312 g/mol. The van der Waals surface area contributed by atoms with E-state index in [0.717, 1.165) is 25.2 Å². The lowest BCUT2D eigenvalue weighted by atomic mass is 9.94. The number of nitrogens with two attached hydrogens (primary N) is 1. The van der Waals surface area contributed by atoms with Gasteiger partial charge in [0.15, 0.2) is 0 Å². The molecule has 0 radical (unpaired) electrons. The maximum absolute atomic E-state index is 5.99. The Labute approximate surface area is 140 Å². The van der Waals surface area contributed by atoms with Crippen LogP contribution in [-0.4, -0.2) is 27.2 Å². The van der Waals surface area contributed by atoms with Gasteiger partial charge in [0.05, 0.1) is 6.61 Å². The van der Waals surface area contributed by atoms with E-state index in [9.17, 15) is 0 Å². The van der Waals surface area contributed by atoms with Crippen molar-refractivity contribution in [3.63, 3.8) is 0 Å². The molecule has 3 heteroatoms. The lowest BCUT2D eigenvalue weighted by Crippen LogP contribution is -2.15. The second kappa shape index (κ2) is 8.59. The number of benzene rings is 2. The van der Waals surface area contributed by atoms with Gasteiger partial charge in [-0.2, -0.15) is 0 Å². The Kier molecular flexibility index (Phi) is 6.48. The summed E-state index contributed by atoms with van der Waals surface area (Å²) in [5, 5.41) is 0. The highest BCUT2D eigenvalue weighted by molar-refractivity contribution is 5.48. The van der Waals surface area contributed by atoms with Crippen LogP contribution < -0.4 is 15.4 Å². The normalized spacial score (nSPS) is 12.0. The van der Waals surface area contributed by atoms with Crippen molar-refractivity contribution in [1.29, 1.82) is 0 Å². The Hall–Kier alpha value is -2.00. The van der Waals surface area contributed by atoms with Gasteiger partial charge < -0.3 is 15.4 Å². The molecule has 0 aliphatic carbocycles. The fourth-order valence-corrected chi connectivity index (χ4v) is 2.70. The summed E-state index contributed by atoms with van der Waals surface area (Å²) in [5.74, 6) is 1.33. The second-order valence-corrected chi connectivity index (χ2v) is 6.23. The van der Waals surface area contributed by atoms with E-state index < -0.39 is 0 Å². The SMILES string of the molecule is Cc1cccc(OCCCC(CN)c2cccc(N(C)C)c2)c1. The number of aryl methyl sites for hydroxylation is 1. The van der Waals surface area contributed by atoms with E-state index in [1.165, 1.54) is 16.8 Å². The molecule has 0 aliphatic heterocycles. The zero-order chi connectivity index (χ0) is 16.7. The van der Waals surface area contributed by atoms with Gasteiger partial charge in [-0.05, 0) is 67.6 Å². The highest BCUT2D eigenvalue weighted by Crippen LogP contribution is 2.24. The molecular weight excluding hydrogens is 284 g/mol. The predicted octanol–water partition coefficient (Wildman–Crippen LogP) is 3.96. The zero-order valence-electron chi connectivity index (χ0n) is 14.5. The third kappa shape index (κ3) is 5.29. The molecule has 0 aromatic heterocycles. The van der Waals surface area contributed by atoms with Gasteiger partial charge in [-0.1, -0.05) is 24.3 Å². The van der Waals surface area contributed by atoms with Gasteiger partial charge in [0.1, 0.15) is 5.75 Å². The van der Waals surface area contributed by atoms with Crippen LogP contribution in [0.1, 0.15) is 29.9 Å². The van der Waals surface area contributed by atoms with Crippen LogP contribution in [0.2, 0.25) is 0 Å². The van der Waals surface area contributed by atoms with Gasteiger partial charge >= 0.3 is 0 Å². The van der Waals surface area contributed by atoms with E-state index in [1.54, 1.807) is 0 Å². The van der Waals surface area contributed by atoms with Crippen molar-refractivity contribution in [3.05, 3.63) is 59.7 Å². The quantitative estimate of drug-likeness (QED) is 0.750. The Morgan fingerprint density at radius 2 is 1.87 bits per heavy atom. The fourth-order valence-electron chi connectivity index (χ4n) is 2.70. The summed E-state index contributed by atoms with van der Waals surface area (Å²) in [5.41, 5.74) is 9.75. The van der Waals surface area contributed by atoms with Crippen LogP contribution in [-0.2, 0) is 0 Å². The van der Waals surface area contributed by atoms with Crippen molar-refractivity contribution >= 4 is 5.69 Å². The van der Waals surface area contributed by atoms with E-state index in [0.29, 0.717) is 12.5 Å². The third-order valence-electron chi connectivity index (χ3n) is 4.10. The average molecular weight is 312 g/mol. The Balaban J connectivity index is 1.86. The first kappa shape index (κ1) is 17.4. The molecule has 0 aliphatic rings. The van der Waals surface area contributed by atoms with Crippen LogP contribution in [0.15, 0.2) is 48.5 Å². The average Bonchev–Trinajstić information content (AvgIpc) is 2.55. The highest BCUT2D eigenvalue weighted by atomic mass is 16.5. The largest absolute Gasteiger partial charge is 0.494 e. The fraction of sp³-hybridized carbons (Fsp3) is 0.400. The standard InChI is InChI=1S/C20H28N2O/c1-16-7-4-11-20(13-16)23-12-6-9-18(15-21)17-8-5-10-19(14-17)22(2)3/h4-5,7-8,10-11,13-14,18H,6,9,12,15,21H2,1-3H3. The van der Waals surface area contributed by atoms with Gasteiger partial charge in [0, 0.05) is 19.8 Å². The van der Waals surface area contributed by atoms with Gasteiger partial charge in [-0.3, -0.25) is 0 Å². The second-order valence-electron chi connectivity index (χ2n) is 6.23. The minimum absolute atomic E-state index is 0.385. The topological polar surface area (TPSA) is 38.5 Å². The van der Waals surface area contributed by atoms with Crippen LogP contribution in [0, 0.1) is 6.92 Å². The summed E-state index contributed by atoms with van der Waals surface area (Å²) < 4.78 is 5.83. The molecule has 1 atom stereocenters. The lowest BCUT2D eigenvalue weighted by molar-refractivity contribution is 0.301. The summed E-state index contributed by atoms with van der Waals surface area (Å²) >= 11 is 0. The minimum atomic E-state index is 0.385. The smallest absolute Gasteiger partial charge is 0.119 e. The first-order valence-electron chi connectivity index (χ1n) is 8.27. The minimum Gasteiger partial charge on any atom is -0.494 e. The molecule has 0 amide bonds. The zero-order valence-corrected chi connectivity index (χ0v) is 14.5. The lowest BCUT2D eigenvalue weighted by Gasteiger charge is -2.19. The first-order chi connectivity index (χ1) is 11.1. The van der Waals surface area contributed by atoms with Crippen molar-refractivity contribution in [2.24, 2.45) is 5.73 Å². The summed E-state index contributed by atoms with van der Waals surface area (Å²) in [6.07, 6.45) is 2.04. The summed E-state index contributed by atoms with van der Waals surface area (Å²) in [4.78, 5) is 2.12. The van der Waals surface area contributed by atoms with Crippen LogP contribution in [0.4, 0.5) is 5.69 Å². The molecule has 2 rings (SSSR count). The van der Waals surface area contributed by atoms with E-state index >= 15 is 0 Å². The molecule has 23 heavy (non-hydrogen) atoms. The number of rotatable bonds is 8. The molecule has 0 fully saturated rings. The predicted molar refractivity (Wildman–Crippen MR) is 98.5 cm³/mol. The van der Waals surface area contributed by atoms with E-state index in [1.807, 2.05) is 12.1 Å². The molecule has 2 aromatic rings. The number of ether oxygens (including phenoxy) is 1. The molecule has 0 bridgehead atoms. The van der Waals surface area contributed by atoms with E-state index in [2.05, 4.69) is 62.3 Å². The van der Waals surface area contributed by atoms with Crippen molar-refractivity contribution in [2.45, 2.75) is 25.7 Å². The van der Waals surface area contributed by atoms with Crippen molar-refractivity contribution in [2.75, 3.05) is 32.1 Å². The number of hydrogen-bond acceptors (Lipinski definition) is 3. The van der Waals surface area contributed by atoms with Crippen LogP contribution in [0.5, 0.6) is 5.75 Å². The summed E-state index contributed by atoms with van der Waals surface area (Å²) in [7, 11) is 4.12. The number of anilines is 1. The highest BCUT2D eigenvalue weighted by Gasteiger charge is 2.10. The number of hydrogen-bond donors (Lipinski definition) is 1. The Morgan fingerprint density at radius 3 is 2.57 bits per heavy atom.